The van der Waals surface area contributed by atoms with Crippen molar-refractivity contribution in [2.24, 2.45) is 0 Å². The topological polar surface area (TPSA) is 157 Å². The van der Waals surface area contributed by atoms with Crippen LogP contribution in [-0.4, -0.2) is 163 Å². The molecule has 0 aliphatic carbocycles. The Morgan fingerprint density at radius 3 is 1.41 bits per heavy atom. The van der Waals surface area contributed by atoms with Gasteiger partial charge in [0, 0.05) is 51.3 Å². The lowest BCUT2D eigenvalue weighted by Crippen LogP contribution is -2.30. The van der Waals surface area contributed by atoms with Gasteiger partial charge in [0.15, 0.2) is 0 Å². The Morgan fingerprint density at radius 2 is 0.966 bits per heavy atom. The quantitative estimate of drug-likeness (QED) is 0.0582. The van der Waals surface area contributed by atoms with E-state index in [-0.39, 0.29) is 13.2 Å². The van der Waals surface area contributed by atoms with Crippen LogP contribution in [0.1, 0.15) is 27.8 Å². The predicted molar refractivity (Wildman–Crippen MR) is 231 cm³/mol. The third-order valence-electron chi connectivity index (χ3n) is 9.52. The summed E-state index contributed by atoms with van der Waals surface area (Å²) in [7, 11) is 6.06. The second-order valence-corrected chi connectivity index (χ2v) is 14.0. The number of aliphatic hydroxyl groups is 2. The number of anilines is 3. The zero-order chi connectivity index (χ0) is 42.6. The molecule has 0 bridgehead atoms. The summed E-state index contributed by atoms with van der Waals surface area (Å²) in [6, 6.07) is 23.6. The summed E-state index contributed by atoms with van der Waals surface area (Å²) in [6.07, 6.45) is 0. The Kier molecular flexibility index (Phi) is 24.7. The van der Waals surface area contributed by atoms with Crippen LogP contribution in [-0.2, 0) is 43.3 Å². The third kappa shape index (κ3) is 17.3. The molecule has 0 radical (unpaired) electrons. The number of hydrogen-bond donors (Lipinski definition) is 3. The van der Waals surface area contributed by atoms with Gasteiger partial charge in [0.05, 0.1) is 125 Å². The number of ether oxygens (including phenoxy) is 8. The summed E-state index contributed by atoms with van der Waals surface area (Å²) in [5, 5.41) is 32.1. The molecule has 0 aliphatic rings. The van der Waals surface area contributed by atoms with Gasteiger partial charge in [-0.1, -0.05) is 24.3 Å². The molecular formula is C45H68N4O10. The van der Waals surface area contributed by atoms with E-state index >= 15 is 0 Å². The Labute approximate surface area is 351 Å². The van der Waals surface area contributed by atoms with Crippen LogP contribution in [0.5, 0.6) is 0 Å². The van der Waals surface area contributed by atoms with Gasteiger partial charge in [0.1, 0.15) is 5.41 Å². The first-order chi connectivity index (χ1) is 28.8. The van der Waals surface area contributed by atoms with Gasteiger partial charge in [-0.2, -0.15) is 5.26 Å². The summed E-state index contributed by atoms with van der Waals surface area (Å²) in [5.41, 5.74) is 6.78. The fourth-order valence-electron chi connectivity index (χ4n) is 6.40. The first-order valence-electron chi connectivity index (χ1n) is 20.5. The van der Waals surface area contributed by atoms with Gasteiger partial charge in [-0.3, -0.25) is 0 Å². The SMILES string of the molecule is Cc1cc(NCCOCCOCCOCCOCCO)ccc1C(C#N)(c1ccc(N(C)C)cc1)c1ccc(N(C)CCOCCOCCOCCOCCO)cc1C. The summed E-state index contributed by atoms with van der Waals surface area (Å²) in [6.45, 7) is 12.9. The molecule has 3 aromatic carbocycles. The first-order valence-corrected chi connectivity index (χ1v) is 20.5. The van der Waals surface area contributed by atoms with E-state index in [1.165, 1.54) is 0 Å². The standard InChI is InChI=1S/C45H68N4O10/c1-37-34-40(47-14-18-52-22-26-56-30-32-58-28-24-54-20-16-50)8-12-43(37)45(36-46,39-6-9-41(10-7-39)48(3)4)44-13-11-42(35-38(44)2)49(5)15-19-53-23-27-57-31-33-59-29-25-55-21-17-51/h6-13,34-35,47,50-51H,14-33H2,1-5H3. The molecule has 0 fully saturated rings. The molecule has 0 saturated heterocycles. The maximum absolute atomic E-state index is 11.3. The molecule has 0 aliphatic heterocycles. The monoisotopic (exact) mass is 824 g/mol. The van der Waals surface area contributed by atoms with Crippen molar-refractivity contribution in [2.45, 2.75) is 19.3 Å². The van der Waals surface area contributed by atoms with Gasteiger partial charge in [-0.25, -0.2) is 0 Å². The molecule has 0 heterocycles. The normalized spacial score (nSPS) is 12.3. The molecule has 0 aromatic heterocycles. The highest BCUT2D eigenvalue weighted by Gasteiger charge is 2.39. The van der Waals surface area contributed by atoms with Crippen LogP contribution in [0.4, 0.5) is 17.1 Å². The average Bonchev–Trinajstić information content (AvgIpc) is 3.24. The number of rotatable bonds is 34. The number of nitriles is 1. The van der Waals surface area contributed by atoms with E-state index in [9.17, 15) is 5.26 Å². The maximum atomic E-state index is 11.3. The smallest absolute Gasteiger partial charge is 0.133 e. The second-order valence-electron chi connectivity index (χ2n) is 14.0. The highest BCUT2D eigenvalue weighted by molar-refractivity contribution is 5.66. The summed E-state index contributed by atoms with van der Waals surface area (Å²) in [5.74, 6) is 0. The number of aryl methyl sites for hydroxylation is 2. The number of nitrogens with zero attached hydrogens (tertiary/aromatic N) is 3. The van der Waals surface area contributed by atoms with Crippen molar-refractivity contribution in [1.82, 2.24) is 0 Å². The largest absolute Gasteiger partial charge is 0.394 e. The molecule has 14 heteroatoms. The molecular weight excluding hydrogens is 757 g/mol. The van der Waals surface area contributed by atoms with Crippen LogP contribution in [0.15, 0.2) is 60.7 Å². The molecule has 0 saturated carbocycles. The van der Waals surface area contributed by atoms with Crippen LogP contribution in [0.3, 0.4) is 0 Å². The van der Waals surface area contributed by atoms with Crippen molar-refractivity contribution in [3.8, 4) is 6.07 Å². The van der Waals surface area contributed by atoms with Crippen LogP contribution in [0.2, 0.25) is 0 Å². The van der Waals surface area contributed by atoms with E-state index in [4.69, 9.17) is 48.1 Å². The molecule has 1 atom stereocenters. The number of likely N-dealkylation sites (N-methyl/N-ethyl adjacent to an activating group) is 1. The minimum absolute atomic E-state index is 0.0113. The molecule has 59 heavy (non-hydrogen) atoms. The van der Waals surface area contributed by atoms with Crippen molar-refractivity contribution in [3.05, 3.63) is 88.5 Å². The van der Waals surface area contributed by atoms with Crippen LogP contribution in [0.25, 0.3) is 0 Å². The predicted octanol–water partition coefficient (Wildman–Crippen LogP) is 4.19. The minimum atomic E-state index is -1.06. The van der Waals surface area contributed by atoms with Crippen molar-refractivity contribution < 1.29 is 48.1 Å². The Bertz CT molecular complexity index is 1610. The van der Waals surface area contributed by atoms with Crippen LogP contribution in [0, 0.1) is 25.2 Å². The van der Waals surface area contributed by atoms with E-state index in [2.05, 4.69) is 89.6 Å². The van der Waals surface area contributed by atoms with Gasteiger partial charge in [-0.05, 0) is 78.1 Å². The highest BCUT2D eigenvalue weighted by Crippen LogP contribution is 2.43. The number of nitrogens with one attached hydrogen (secondary N) is 1. The van der Waals surface area contributed by atoms with Gasteiger partial charge in [0.25, 0.3) is 0 Å². The summed E-state index contributed by atoms with van der Waals surface area (Å²) in [4.78, 5) is 4.21. The zero-order valence-corrected chi connectivity index (χ0v) is 35.9. The van der Waals surface area contributed by atoms with Crippen LogP contribution >= 0.6 is 0 Å². The molecule has 0 amide bonds. The van der Waals surface area contributed by atoms with Crippen molar-refractivity contribution in [1.29, 1.82) is 5.26 Å². The van der Waals surface area contributed by atoms with E-state index in [0.29, 0.717) is 119 Å². The summed E-state index contributed by atoms with van der Waals surface area (Å²) >= 11 is 0. The first kappa shape index (κ1) is 49.5. The molecule has 3 aromatic rings. The van der Waals surface area contributed by atoms with E-state index < -0.39 is 5.41 Å². The lowest BCUT2D eigenvalue weighted by Gasteiger charge is -2.33. The Morgan fingerprint density at radius 1 is 0.542 bits per heavy atom. The average molecular weight is 825 g/mol. The Hall–Kier alpha value is -3.85. The van der Waals surface area contributed by atoms with Gasteiger partial charge < -0.3 is 63.2 Å². The number of aliphatic hydroxyl groups excluding tert-OH is 2. The third-order valence-corrected chi connectivity index (χ3v) is 9.52. The highest BCUT2D eigenvalue weighted by atomic mass is 16.6. The minimum Gasteiger partial charge on any atom is -0.394 e. The summed E-state index contributed by atoms with van der Waals surface area (Å²) < 4.78 is 43.9. The van der Waals surface area contributed by atoms with Crippen molar-refractivity contribution >= 4 is 17.1 Å². The number of benzene rings is 3. The van der Waals surface area contributed by atoms with Gasteiger partial charge in [0.2, 0.25) is 0 Å². The lowest BCUT2D eigenvalue weighted by molar-refractivity contribution is -0.00485. The molecule has 1 unspecified atom stereocenters. The molecule has 3 rings (SSSR count). The van der Waals surface area contributed by atoms with E-state index in [1.807, 2.05) is 27.2 Å². The fraction of sp³-hybridized carbons (Fsp3) is 0.578. The Balaban J connectivity index is 1.58. The zero-order valence-electron chi connectivity index (χ0n) is 35.9. The van der Waals surface area contributed by atoms with E-state index in [0.717, 1.165) is 44.9 Å². The van der Waals surface area contributed by atoms with Crippen LogP contribution < -0.4 is 15.1 Å². The lowest BCUT2D eigenvalue weighted by atomic mass is 9.68. The van der Waals surface area contributed by atoms with Gasteiger partial charge >= 0.3 is 0 Å². The molecule has 3 N–H and O–H groups in total. The fourth-order valence-corrected chi connectivity index (χ4v) is 6.40. The maximum Gasteiger partial charge on any atom is 0.133 e. The van der Waals surface area contributed by atoms with E-state index in [1.54, 1.807) is 0 Å². The second kappa shape index (κ2) is 29.4. The number of hydrogen-bond acceptors (Lipinski definition) is 14. The molecule has 328 valence electrons. The van der Waals surface area contributed by atoms with Crippen molar-refractivity contribution in [2.75, 3.05) is 168 Å². The molecule has 14 nitrogen and oxygen atoms in total. The molecule has 0 spiro atoms. The van der Waals surface area contributed by atoms with Crippen molar-refractivity contribution in [3.63, 3.8) is 0 Å². The van der Waals surface area contributed by atoms with Gasteiger partial charge in [-0.15, -0.1) is 0 Å².